The van der Waals surface area contributed by atoms with Gasteiger partial charge < -0.3 is 5.32 Å². The van der Waals surface area contributed by atoms with Gasteiger partial charge in [-0.3, -0.25) is 4.79 Å². The average Bonchev–Trinajstić information content (AvgIpc) is 2.96. The number of halogens is 6. The van der Waals surface area contributed by atoms with Crippen molar-refractivity contribution < 1.29 is 26.7 Å². The monoisotopic (exact) mass is 507 g/mol. The minimum Gasteiger partial charge on any atom is -0.358 e. The first-order valence-corrected chi connectivity index (χ1v) is 10.2. The largest absolute Gasteiger partial charge is 0.416 e. The van der Waals surface area contributed by atoms with Crippen LogP contribution >= 0.6 is 27.7 Å². The van der Waals surface area contributed by atoms with Crippen LogP contribution in [0.2, 0.25) is 0 Å². The van der Waals surface area contributed by atoms with Gasteiger partial charge in [0.15, 0.2) is 9.91 Å². The Morgan fingerprint density at radius 1 is 1.17 bits per heavy atom. The second-order valence-corrected chi connectivity index (χ2v) is 8.97. The second kappa shape index (κ2) is 7.92. The molecule has 4 nitrogen and oxygen atoms in total. The highest BCUT2D eigenvalue weighted by Crippen LogP contribution is 2.51. The number of pyridine rings is 1. The molecule has 0 bridgehead atoms. The van der Waals surface area contributed by atoms with Crippen LogP contribution in [0.3, 0.4) is 0 Å². The number of carbonyl (C=O) groups excluding carboxylic acids is 1. The maximum Gasteiger partial charge on any atom is 0.416 e. The first-order chi connectivity index (χ1) is 13.9. The molecule has 1 N–H and O–H groups in total. The number of amidine groups is 1. The molecule has 1 aliphatic heterocycles. The summed E-state index contributed by atoms with van der Waals surface area (Å²) in [6, 6.07) is 6.19. The molecular weight excluding hydrogens is 493 g/mol. The van der Waals surface area contributed by atoms with Gasteiger partial charge in [0.2, 0.25) is 0 Å². The minimum atomic E-state index is -4.58. The van der Waals surface area contributed by atoms with Crippen LogP contribution in [0.15, 0.2) is 52.2 Å². The van der Waals surface area contributed by atoms with Crippen molar-refractivity contribution in [1.29, 1.82) is 0 Å². The molecule has 0 aliphatic carbocycles. The van der Waals surface area contributed by atoms with Gasteiger partial charge in [-0.25, -0.2) is 4.98 Å². The number of alkyl halides is 5. The molecule has 11 heteroatoms. The Balaban J connectivity index is 1.85. The van der Waals surface area contributed by atoms with E-state index >= 15 is 8.78 Å². The van der Waals surface area contributed by atoms with Gasteiger partial charge in [0, 0.05) is 11.8 Å². The Kier molecular flexibility index (Phi) is 5.98. The molecule has 0 radical (unpaired) electrons. The summed E-state index contributed by atoms with van der Waals surface area (Å²) >= 11 is 3.51. The van der Waals surface area contributed by atoms with Gasteiger partial charge in [-0.2, -0.15) is 26.9 Å². The standard InChI is InChI=1S/C19H15BrF5N3OS/c1-10(12-5-3-4-6-13(12)19(23,24)25)27-16-28-15(29)17(2,30-16)18(21,22)11-7-8-26-14(20)9-11/h3-10H,1-2H3,(H,27,28,29)/t10-,17?/m0/s1. The zero-order chi connectivity index (χ0) is 22.3. The summed E-state index contributed by atoms with van der Waals surface area (Å²) < 4.78 is 68.1. The van der Waals surface area contributed by atoms with E-state index in [4.69, 9.17) is 0 Å². The van der Waals surface area contributed by atoms with Crippen molar-refractivity contribution in [2.45, 2.75) is 36.7 Å². The van der Waals surface area contributed by atoms with E-state index in [2.05, 4.69) is 31.2 Å². The lowest BCUT2D eigenvalue weighted by atomic mass is 9.95. The lowest BCUT2D eigenvalue weighted by Gasteiger charge is -2.31. The van der Waals surface area contributed by atoms with Crippen LogP contribution in [0.25, 0.3) is 0 Å². The molecule has 2 aromatic rings. The normalized spacial score (nSPS) is 20.8. The molecule has 0 saturated heterocycles. The van der Waals surface area contributed by atoms with Crippen LogP contribution in [0, 0.1) is 0 Å². The predicted molar refractivity (Wildman–Crippen MR) is 107 cm³/mol. The number of carbonyl (C=O) groups is 1. The van der Waals surface area contributed by atoms with Crippen molar-refractivity contribution in [2.75, 3.05) is 0 Å². The fourth-order valence-electron chi connectivity index (χ4n) is 2.99. The summed E-state index contributed by atoms with van der Waals surface area (Å²) in [7, 11) is 0. The molecule has 1 aromatic heterocycles. The van der Waals surface area contributed by atoms with E-state index < -0.39 is 39.9 Å². The van der Waals surface area contributed by atoms with Gasteiger partial charge in [-0.15, -0.1) is 0 Å². The summed E-state index contributed by atoms with van der Waals surface area (Å²) in [4.78, 5) is 19.9. The van der Waals surface area contributed by atoms with Gasteiger partial charge in [0.25, 0.3) is 11.8 Å². The van der Waals surface area contributed by atoms with Crippen molar-refractivity contribution in [2.24, 2.45) is 4.99 Å². The lowest BCUT2D eigenvalue weighted by Crippen LogP contribution is -2.45. The number of aromatic nitrogens is 1. The third-order valence-electron chi connectivity index (χ3n) is 4.67. The summed E-state index contributed by atoms with van der Waals surface area (Å²) in [6.45, 7) is 2.49. The number of thioether (sulfide) groups is 1. The quantitative estimate of drug-likeness (QED) is 0.426. The fraction of sp³-hybridized carbons (Fsp3) is 0.316. The molecule has 2 heterocycles. The van der Waals surface area contributed by atoms with Crippen LogP contribution < -0.4 is 5.32 Å². The lowest BCUT2D eigenvalue weighted by molar-refractivity contribution is -0.138. The van der Waals surface area contributed by atoms with Crippen molar-refractivity contribution in [3.05, 3.63) is 63.9 Å². The van der Waals surface area contributed by atoms with E-state index in [-0.39, 0.29) is 15.3 Å². The first-order valence-electron chi connectivity index (χ1n) is 8.61. The summed E-state index contributed by atoms with van der Waals surface area (Å²) in [5, 5.41) is 2.50. The van der Waals surface area contributed by atoms with Crippen molar-refractivity contribution in [1.82, 2.24) is 10.3 Å². The van der Waals surface area contributed by atoms with Gasteiger partial charge in [0.05, 0.1) is 11.6 Å². The van der Waals surface area contributed by atoms with Gasteiger partial charge in [-0.05, 0) is 53.5 Å². The number of amides is 1. The molecule has 0 fully saturated rings. The topological polar surface area (TPSA) is 54.4 Å². The van der Waals surface area contributed by atoms with Crippen molar-refractivity contribution >= 4 is 38.8 Å². The highest BCUT2D eigenvalue weighted by molar-refractivity contribution is 9.10. The Morgan fingerprint density at radius 2 is 1.83 bits per heavy atom. The molecule has 1 amide bonds. The maximum atomic E-state index is 15.2. The first kappa shape index (κ1) is 22.7. The highest BCUT2D eigenvalue weighted by Gasteiger charge is 2.61. The Morgan fingerprint density at radius 3 is 2.47 bits per heavy atom. The van der Waals surface area contributed by atoms with E-state index in [0.29, 0.717) is 11.8 Å². The Bertz CT molecular complexity index is 1010. The molecule has 3 rings (SSSR count). The number of aliphatic imine (C=N–C) groups is 1. The van der Waals surface area contributed by atoms with E-state index in [1.807, 2.05) is 0 Å². The van der Waals surface area contributed by atoms with Gasteiger partial charge in [0.1, 0.15) is 4.60 Å². The van der Waals surface area contributed by atoms with E-state index in [1.54, 1.807) is 0 Å². The molecular formula is C19H15BrF5N3OS. The number of hydrogen-bond acceptors (Lipinski definition) is 4. The number of hydrogen-bond donors (Lipinski definition) is 1. The van der Waals surface area contributed by atoms with Crippen LogP contribution in [0.5, 0.6) is 0 Å². The fourth-order valence-corrected chi connectivity index (χ4v) is 4.48. The third-order valence-corrected chi connectivity index (χ3v) is 6.35. The summed E-state index contributed by atoms with van der Waals surface area (Å²) in [6.07, 6.45) is -3.40. The number of nitrogens with zero attached hydrogens (tertiary/aromatic N) is 2. The number of nitrogens with one attached hydrogen (secondary N) is 1. The summed E-state index contributed by atoms with van der Waals surface area (Å²) in [5.74, 6) is -4.69. The molecule has 0 saturated carbocycles. The number of rotatable bonds is 4. The van der Waals surface area contributed by atoms with Crippen LogP contribution in [-0.4, -0.2) is 20.8 Å². The second-order valence-electron chi connectivity index (χ2n) is 6.75. The zero-order valence-electron chi connectivity index (χ0n) is 15.6. The third kappa shape index (κ3) is 4.09. The SMILES string of the molecule is C[C@H](NC1=NC(=O)C(C)(C(F)(F)c2ccnc(Br)c2)S1)c1ccccc1C(F)(F)F. The van der Waals surface area contributed by atoms with Gasteiger partial charge >= 0.3 is 6.18 Å². The van der Waals surface area contributed by atoms with E-state index in [9.17, 15) is 18.0 Å². The molecule has 1 unspecified atom stereocenters. The van der Waals surface area contributed by atoms with E-state index in [1.165, 1.54) is 31.3 Å². The molecule has 30 heavy (non-hydrogen) atoms. The average molecular weight is 508 g/mol. The number of benzene rings is 1. The predicted octanol–water partition coefficient (Wildman–Crippen LogP) is 5.69. The van der Waals surface area contributed by atoms with Gasteiger partial charge in [-0.1, -0.05) is 30.0 Å². The maximum absolute atomic E-state index is 15.2. The Hall–Kier alpha value is -2.01. The highest BCUT2D eigenvalue weighted by atomic mass is 79.9. The van der Waals surface area contributed by atoms with Crippen LogP contribution in [0.1, 0.15) is 36.6 Å². The summed E-state index contributed by atoms with van der Waals surface area (Å²) in [5.41, 5.74) is -1.37. The van der Waals surface area contributed by atoms with Crippen LogP contribution in [-0.2, 0) is 16.9 Å². The van der Waals surface area contributed by atoms with E-state index in [0.717, 1.165) is 25.1 Å². The van der Waals surface area contributed by atoms with Crippen molar-refractivity contribution in [3.63, 3.8) is 0 Å². The van der Waals surface area contributed by atoms with Crippen LogP contribution in [0.4, 0.5) is 22.0 Å². The molecule has 0 spiro atoms. The Labute approximate surface area is 181 Å². The smallest absolute Gasteiger partial charge is 0.358 e. The molecule has 1 aromatic carbocycles. The molecule has 1 aliphatic rings. The zero-order valence-corrected chi connectivity index (χ0v) is 18.0. The molecule has 2 atom stereocenters. The molecule has 160 valence electrons. The van der Waals surface area contributed by atoms with Crippen molar-refractivity contribution in [3.8, 4) is 0 Å². The minimum absolute atomic E-state index is 0.0841.